The molecule has 1 heterocycles. The maximum atomic E-state index is 12.5. The molecule has 0 unspecified atom stereocenters. The fourth-order valence-corrected chi connectivity index (χ4v) is 3.23. The van der Waals surface area contributed by atoms with Crippen LogP contribution in [0.15, 0.2) is 48.5 Å². The average Bonchev–Trinajstić information content (AvgIpc) is 2.72. The van der Waals surface area contributed by atoms with Gasteiger partial charge in [0.1, 0.15) is 0 Å². The zero-order valence-electron chi connectivity index (χ0n) is 15.8. The van der Waals surface area contributed by atoms with Crippen LogP contribution < -0.4 is 5.73 Å². The minimum absolute atomic E-state index is 0. The third kappa shape index (κ3) is 5.45. The lowest BCUT2D eigenvalue weighted by atomic mass is 10.1. The lowest BCUT2D eigenvalue weighted by molar-refractivity contribution is -0.384. The van der Waals surface area contributed by atoms with Gasteiger partial charge < -0.3 is 15.5 Å². The van der Waals surface area contributed by atoms with Crippen molar-refractivity contribution in [2.45, 2.75) is 12.8 Å². The summed E-state index contributed by atoms with van der Waals surface area (Å²) in [5.74, 6) is -0.134. The molecule has 1 saturated heterocycles. The van der Waals surface area contributed by atoms with Crippen LogP contribution in [0.4, 0.5) is 11.4 Å². The van der Waals surface area contributed by atoms with E-state index in [1.807, 2.05) is 24.3 Å². The van der Waals surface area contributed by atoms with E-state index in [0.29, 0.717) is 50.3 Å². The van der Waals surface area contributed by atoms with E-state index < -0.39 is 4.92 Å². The summed E-state index contributed by atoms with van der Waals surface area (Å²) in [4.78, 5) is 38.6. The Kier molecular flexibility index (Phi) is 7.55. The molecule has 1 aliphatic heterocycles. The normalized spacial score (nSPS) is 13.5. The Bertz CT molecular complexity index is 880. The number of nitrogen functional groups attached to an aromatic ring is 1. The molecule has 0 aromatic heterocycles. The number of nitro benzene ring substituents is 1. The summed E-state index contributed by atoms with van der Waals surface area (Å²) < 4.78 is 0. The number of benzene rings is 2. The predicted molar refractivity (Wildman–Crippen MR) is 112 cm³/mol. The molecule has 3 rings (SSSR count). The summed E-state index contributed by atoms with van der Waals surface area (Å²) in [6.07, 6.45) is 0.970. The van der Waals surface area contributed by atoms with Crippen molar-refractivity contribution in [2.24, 2.45) is 0 Å². The SMILES string of the molecule is Cl.Nc1ccccc1CCC(=O)N1CCN(C(=O)c2ccc([N+](=O)[O-])cc2)CC1. The molecule has 0 bridgehead atoms. The second-order valence-corrected chi connectivity index (χ2v) is 6.68. The van der Waals surface area contributed by atoms with E-state index in [1.165, 1.54) is 24.3 Å². The van der Waals surface area contributed by atoms with E-state index in [1.54, 1.807) is 9.80 Å². The summed E-state index contributed by atoms with van der Waals surface area (Å²) in [5.41, 5.74) is 7.92. The van der Waals surface area contributed by atoms with Crippen molar-refractivity contribution in [3.8, 4) is 0 Å². The predicted octanol–water partition coefficient (Wildman–Crippen LogP) is 2.52. The molecule has 1 fully saturated rings. The first kappa shape index (κ1) is 22.2. The fourth-order valence-electron chi connectivity index (χ4n) is 3.23. The number of anilines is 1. The lowest BCUT2D eigenvalue weighted by Gasteiger charge is -2.35. The van der Waals surface area contributed by atoms with Crippen LogP contribution in [-0.4, -0.2) is 52.7 Å². The zero-order chi connectivity index (χ0) is 20.1. The maximum absolute atomic E-state index is 12.5. The number of halogens is 1. The second kappa shape index (κ2) is 9.88. The van der Waals surface area contributed by atoms with Crippen molar-refractivity contribution in [1.29, 1.82) is 0 Å². The Morgan fingerprint density at radius 1 is 0.966 bits per heavy atom. The molecule has 0 aliphatic carbocycles. The first-order valence-corrected chi connectivity index (χ1v) is 9.10. The van der Waals surface area contributed by atoms with Gasteiger partial charge in [0.05, 0.1) is 4.92 Å². The number of carbonyl (C=O) groups excluding carboxylic acids is 2. The van der Waals surface area contributed by atoms with Gasteiger partial charge in [0, 0.05) is 56.0 Å². The Morgan fingerprint density at radius 3 is 2.14 bits per heavy atom. The number of para-hydroxylation sites is 1. The van der Waals surface area contributed by atoms with E-state index in [4.69, 9.17) is 5.73 Å². The maximum Gasteiger partial charge on any atom is 0.269 e. The number of nitrogens with two attached hydrogens (primary N) is 1. The number of aryl methyl sites for hydroxylation is 1. The van der Waals surface area contributed by atoms with Crippen LogP contribution in [-0.2, 0) is 11.2 Å². The molecule has 2 aromatic rings. The van der Waals surface area contributed by atoms with E-state index >= 15 is 0 Å². The van der Waals surface area contributed by atoms with Crippen molar-refractivity contribution in [3.05, 3.63) is 69.8 Å². The van der Waals surface area contributed by atoms with Crippen molar-refractivity contribution < 1.29 is 14.5 Å². The third-order valence-electron chi connectivity index (χ3n) is 4.91. The molecule has 2 amide bonds. The number of rotatable bonds is 5. The number of non-ortho nitro benzene ring substituents is 1. The number of nitrogens with zero attached hydrogens (tertiary/aromatic N) is 3. The standard InChI is InChI=1S/C20H22N4O4.ClH/c21-18-4-2-1-3-15(18)7-10-19(25)22-11-13-23(14-12-22)20(26)16-5-8-17(9-6-16)24(27)28;/h1-6,8-9H,7,10-14,21H2;1H. The van der Waals surface area contributed by atoms with Gasteiger partial charge in [-0.2, -0.15) is 0 Å². The van der Waals surface area contributed by atoms with Gasteiger partial charge in [-0.15, -0.1) is 12.4 Å². The Balaban J connectivity index is 0.00000300. The van der Waals surface area contributed by atoms with Crippen LogP contribution in [0.25, 0.3) is 0 Å². The Hall–Kier alpha value is -3.13. The molecule has 154 valence electrons. The molecule has 8 nitrogen and oxygen atoms in total. The third-order valence-corrected chi connectivity index (χ3v) is 4.91. The molecule has 2 aromatic carbocycles. The van der Waals surface area contributed by atoms with Gasteiger partial charge >= 0.3 is 0 Å². The summed E-state index contributed by atoms with van der Waals surface area (Å²) in [6.45, 7) is 1.83. The molecule has 29 heavy (non-hydrogen) atoms. The van der Waals surface area contributed by atoms with Crippen molar-refractivity contribution in [3.63, 3.8) is 0 Å². The Morgan fingerprint density at radius 2 is 1.55 bits per heavy atom. The van der Waals surface area contributed by atoms with E-state index in [0.717, 1.165) is 5.56 Å². The molecule has 0 radical (unpaired) electrons. The fraction of sp³-hybridized carbons (Fsp3) is 0.300. The minimum atomic E-state index is -0.498. The van der Waals surface area contributed by atoms with Crippen molar-refractivity contribution in [1.82, 2.24) is 9.80 Å². The number of hydrogen-bond acceptors (Lipinski definition) is 5. The molecule has 9 heteroatoms. The van der Waals surface area contributed by atoms with Crippen molar-refractivity contribution in [2.75, 3.05) is 31.9 Å². The highest BCUT2D eigenvalue weighted by molar-refractivity contribution is 5.94. The van der Waals surface area contributed by atoms with Crippen LogP contribution in [0.1, 0.15) is 22.3 Å². The van der Waals surface area contributed by atoms with Gasteiger partial charge in [-0.05, 0) is 30.2 Å². The first-order valence-electron chi connectivity index (χ1n) is 9.10. The van der Waals surface area contributed by atoms with Gasteiger partial charge in [-0.1, -0.05) is 18.2 Å². The van der Waals surface area contributed by atoms with Crippen LogP contribution in [0.2, 0.25) is 0 Å². The molecular formula is C20H23ClN4O4. The number of hydrogen-bond donors (Lipinski definition) is 1. The molecule has 0 spiro atoms. The van der Waals surface area contributed by atoms with Gasteiger partial charge in [0.25, 0.3) is 11.6 Å². The monoisotopic (exact) mass is 418 g/mol. The number of nitro groups is 1. The molecule has 0 atom stereocenters. The quantitative estimate of drug-likeness (QED) is 0.455. The van der Waals surface area contributed by atoms with Crippen LogP contribution in [0.3, 0.4) is 0 Å². The van der Waals surface area contributed by atoms with Gasteiger partial charge in [0.15, 0.2) is 0 Å². The lowest BCUT2D eigenvalue weighted by Crippen LogP contribution is -2.50. The first-order chi connectivity index (χ1) is 13.5. The summed E-state index contributed by atoms with van der Waals surface area (Å²) in [5, 5.41) is 10.7. The average molecular weight is 419 g/mol. The number of carbonyl (C=O) groups is 2. The van der Waals surface area contributed by atoms with E-state index in [2.05, 4.69) is 0 Å². The smallest absolute Gasteiger partial charge is 0.269 e. The summed E-state index contributed by atoms with van der Waals surface area (Å²) >= 11 is 0. The van der Waals surface area contributed by atoms with Crippen LogP contribution in [0.5, 0.6) is 0 Å². The Labute approximate surface area is 174 Å². The van der Waals surface area contributed by atoms with Gasteiger partial charge in [-0.3, -0.25) is 19.7 Å². The van der Waals surface area contributed by atoms with Crippen LogP contribution >= 0.6 is 12.4 Å². The molecule has 0 saturated carbocycles. The second-order valence-electron chi connectivity index (χ2n) is 6.68. The number of amides is 2. The molecular weight excluding hydrogens is 396 g/mol. The highest BCUT2D eigenvalue weighted by Crippen LogP contribution is 2.16. The van der Waals surface area contributed by atoms with Crippen LogP contribution in [0, 0.1) is 10.1 Å². The number of piperazine rings is 1. The topological polar surface area (TPSA) is 110 Å². The van der Waals surface area contributed by atoms with E-state index in [-0.39, 0.29) is 29.9 Å². The highest BCUT2D eigenvalue weighted by atomic mass is 35.5. The zero-order valence-corrected chi connectivity index (χ0v) is 16.6. The molecule has 2 N–H and O–H groups in total. The minimum Gasteiger partial charge on any atom is -0.399 e. The van der Waals surface area contributed by atoms with Crippen molar-refractivity contribution >= 4 is 35.6 Å². The van der Waals surface area contributed by atoms with E-state index in [9.17, 15) is 19.7 Å². The molecule has 1 aliphatic rings. The van der Waals surface area contributed by atoms with Gasteiger partial charge in [0.2, 0.25) is 5.91 Å². The summed E-state index contributed by atoms with van der Waals surface area (Å²) in [7, 11) is 0. The highest BCUT2D eigenvalue weighted by Gasteiger charge is 2.25. The summed E-state index contributed by atoms with van der Waals surface area (Å²) in [6, 6.07) is 13.1. The largest absolute Gasteiger partial charge is 0.399 e. The van der Waals surface area contributed by atoms with Gasteiger partial charge in [-0.25, -0.2) is 0 Å².